The summed E-state index contributed by atoms with van der Waals surface area (Å²) in [6.07, 6.45) is 0. The van der Waals surface area contributed by atoms with Gasteiger partial charge < -0.3 is 4.90 Å². The summed E-state index contributed by atoms with van der Waals surface area (Å²) in [4.78, 5) is 17.9. The highest BCUT2D eigenvalue weighted by molar-refractivity contribution is 7.10. The maximum atomic E-state index is 12.3. The van der Waals surface area contributed by atoms with Crippen LogP contribution in [0.25, 0.3) is 0 Å². The number of aryl methyl sites for hydroxylation is 1. The van der Waals surface area contributed by atoms with Crippen molar-refractivity contribution in [2.24, 2.45) is 0 Å². The number of ketones is 1. The van der Waals surface area contributed by atoms with E-state index >= 15 is 0 Å². The quantitative estimate of drug-likeness (QED) is 0.729. The van der Waals surface area contributed by atoms with Crippen molar-refractivity contribution < 1.29 is 4.79 Å². The Kier molecular flexibility index (Phi) is 3.42. The molecule has 3 nitrogen and oxygen atoms in total. The van der Waals surface area contributed by atoms with E-state index in [2.05, 4.69) is 16.8 Å². The van der Waals surface area contributed by atoms with Crippen LogP contribution in [0.3, 0.4) is 0 Å². The van der Waals surface area contributed by atoms with Crippen LogP contribution in [0.2, 0.25) is 0 Å². The maximum absolute atomic E-state index is 12.3. The summed E-state index contributed by atoms with van der Waals surface area (Å²) in [5, 5.41) is 1.97. The minimum Gasteiger partial charge on any atom is -0.303 e. The molecule has 88 valence electrons. The van der Waals surface area contributed by atoms with E-state index in [1.54, 1.807) is 11.3 Å². The van der Waals surface area contributed by atoms with E-state index in [0.29, 0.717) is 0 Å². The second kappa shape index (κ2) is 4.65. The van der Waals surface area contributed by atoms with Crippen LogP contribution in [0.5, 0.6) is 0 Å². The van der Waals surface area contributed by atoms with Crippen LogP contribution in [0.4, 0.5) is 0 Å². The Morgan fingerprint density at radius 2 is 2.19 bits per heavy atom. The number of hydrogen-bond donors (Lipinski definition) is 0. The Bertz CT molecular complexity index is 388. The van der Waals surface area contributed by atoms with Crippen molar-refractivity contribution in [3.8, 4) is 0 Å². The third-order valence-electron chi connectivity index (χ3n) is 3.17. The molecular formula is C12H18N2OS. The smallest absolute Gasteiger partial charge is 0.182 e. The first-order chi connectivity index (χ1) is 7.58. The zero-order chi connectivity index (χ0) is 11.7. The van der Waals surface area contributed by atoms with Gasteiger partial charge in [0.05, 0.1) is 6.04 Å². The Hall–Kier alpha value is -0.710. The van der Waals surface area contributed by atoms with Crippen LogP contribution >= 0.6 is 11.3 Å². The average Bonchev–Trinajstić information content (AvgIpc) is 2.67. The van der Waals surface area contributed by atoms with Gasteiger partial charge in [-0.2, -0.15) is 0 Å². The van der Waals surface area contributed by atoms with Crippen molar-refractivity contribution in [2.45, 2.75) is 13.0 Å². The molecule has 1 aliphatic heterocycles. The second-order valence-electron chi connectivity index (χ2n) is 4.57. The fourth-order valence-corrected chi connectivity index (χ4v) is 2.75. The van der Waals surface area contributed by atoms with Gasteiger partial charge in [-0.3, -0.25) is 9.69 Å². The minimum absolute atomic E-state index is 0.0211. The third-order valence-corrected chi connectivity index (χ3v) is 4.03. The molecule has 0 radical (unpaired) electrons. The van der Waals surface area contributed by atoms with Gasteiger partial charge in [-0.1, -0.05) is 0 Å². The van der Waals surface area contributed by atoms with Crippen molar-refractivity contribution in [1.82, 2.24) is 9.80 Å². The molecule has 2 heterocycles. The molecule has 0 spiro atoms. The molecule has 0 amide bonds. The molecule has 1 fully saturated rings. The number of piperazine rings is 1. The first-order valence-electron chi connectivity index (χ1n) is 5.56. The van der Waals surface area contributed by atoms with Crippen LogP contribution in [-0.4, -0.2) is 55.4 Å². The number of hydrogen-bond acceptors (Lipinski definition) is 4. The normalized spacial score (nSPS) is 23.6. The zero-order valence-electron chi connectivity index (χ0n) is 10.1. The van der Waals surface area contributed by atoms with Crippen molar-refractivity contribution in [3.63, 3.8) is 0 Å². The molecule has 0 bridgehead atoms. The number of carbonyl (C=O) groups is 1. The first-order valence-corrected chi connectivity index (χ1v) is 6.44. The van der Waals surface area contributed by atoms with Gasteiger partial charge in [0, 0.05) is 35.5 Å². The molecule has 0 aromatic carbocycles. The molecule has 1 atom stereocenters. The molecule has 1 aromatic heterocycles. The number of rotatable bonds is 2. The molecule has 1 aliphatic rings. The Morgan fingerprint density at radius 3 is 2.81 bits per heavy atom. The Morgan fingerprint density at radius 1 is 1.44 bits per heavy atom. The van der Waals surface area contributed by atoms with Crippen LogP contribution in [0.1, 0.15) is 15.2 Å². The summed E-state index contributed by atoms with van der Waals surface area (Å²) in [5.41, 5.74) is 0.870. The van der Waals surface area contributed by atoms with Gasteiger partial charge in [-0.25, -0.2) is 0 Å². The maximum Gasteiger partial charge on any atom is 0.182 e. The Labute approximate surface area is 101 Å². The molecular weight excluding hydrogens is 220 g/mol. The predicted octanol–water partition coefficient (Wildman–Crippen LogP) is 1.49. The number of carbonyl (C=O) groups excluding carboxylic acids is 1. The summed E-state index contributed by atoms with van der Waals surface area (Å²) >= 11 is 1.65. The van der Waals surface area contributed by atoms with E-state index in [-0.39, 0.29) is 11.8 Å². The van der Waals surface area contributed by atoms with E-state index in [1.807, 2.05) is 25.4 Å². The van der Waals surface area contributed by atoms with E-state index in [0.717, 1.165) is 25.2 Å². The third kappa shape index (κ3) is 2.34. The molecule has 2 rings (SSSR count). The lowest BCUT2D eigenvalue weighted by Crippen LogP contribution is -2.53. The molecule has 4 heteroatoms. The van der Waals surface area contributed by atoms with Crippen LogP contribution in [0.15, 0.2) is 11.4 Å². The predicted molar refractivity (Wildman–Crippen MR) is 67.3 cm³/mol. The molecule has 0 aliphatic carbocycles. The van der Waals surface area contributed by atoms with Crippen molar-refractivity contribution in [1.29, 1.82) is 0 Å². The van der Waals surface area contributed by atoms with Gasteiger partial charge in [0.15, 0.2) is 5.78 Å². The molecule has 16 heavy (non-hydrogen) atoms. The minimum atomic E-state index is 0.0211. The topological polar surface area (TPSA) is 23.6 Å². The van der Waals surface area contributed by atoms with Crippen LogP contribution in [-0.2, 0) is 0 Å². The highest BCUT2D eigenvalue weighted by Crippen LogP contribution is 2.18. The number of nitrogens with zero attached hydrogens (tertiary/aromatic N) is 2. The summed E-state index contributed by atoms with van der Waals surface area (Å²) in [6.45, 7) is 4.89. The van der Waals surface area contributed by atoms with E-state index in [1.165, 1.54) is 4.88 Å². The highest BCUT2D eigenvalue weighted by atomic mass is 32.1. The molecule has 0 saturated carbocycles. The van der Waals surface area contributed by atoms with Crippen LogP contribution < -0.4 is 0 Å². The van der Waals surface area contributed by atoms with Crippen molar-refractivity contribution in [3.05, 3.63) is 21.9 Å². The second-order valence-corrected chi connectivity index (χ2v) is 5.68. The SMILES string of the molecule is Cc1cc(C(=O)C2CN(C)CCN2C)cs1. The summed E-state index contributed by atoms with van der Waals surface area (Å²) < 4.78 is 0. The first kappa shape index (κ1) is 11.8. The summed E-state index contributed by atoms with van der Waals surface area (Å²) in [5.74, 6) is 0.262. The molecule has 1 unspecified atom stereocenters. The summed E-state index contributed by atoms with van der Waals surface area (Å²) in [7, 11) is 4.11. The number of likely N-dealkylation sites (N-methyl/N-ethyl adjacent to an activating group) is 2. The van der Waals surface area contributed by atoms with Crippen molar-refractivity contribution in [2.75, 3.05) is 33.7 Å². The van der Waals surface area contributed by atoms with Gasteiger partial charge >= 0.3 is 0 Å². The lowest BCUT2D eigenvalue weighted by molar-refractivity contribution is 0.0686. The lowest BCUT2D eigenvalue weighted by atomic mass is 10.0. The van der Waals surface area contributed by atoms with Gasteiger partial charge in [-0.15, -0.1) is 11.3 Å². The zero-order valence-corrected chi connectivity index (χ0v) is 10.9. The van der Waals surface area contributed by atoms with E-state index in [4.69, 9.17) is 0 Å². The lowest BCUT2D eigenvalue weighted by Gasteiger charge is -2.36. The van der Waals surface area contributed by atoms with E-state index in [9.17, 15) is 4.79 Å². The van der Waals surface area contributed by atoms with Gasteiger partial charge in [0.25, 0.3) is 0 Å². The van der Waals surface area contributed by atoms with Gasteiger partial charge in [0.2, 0.25) is 0 Å². The van der Waals surface area contributed by atoms with E-state index < -0.39 is 0 Å². The Balaban J connectivity index is 2.14. The monoisotopic (exact) mass is 238 g/mol. The molecule has 1 aromatic rings. The fraction of sp³-hybridized carbons (Fsp3) is 0.583. The number of Topliss-reactive ketones (excluding diaryl/α,β-unsaturated/α-hetero) is 1. The molecule has 1 saturated heterocycles. The van der Waals surface area contributed by atoms with Crippen molar-refractivity contribution >= 4 is 17.1 Å². The highest BCUT2D eigenvalue weighted by Gasteiger charge is 2.29. The molecule has 0 N–H and O–H groups in total. The number of thiophene rings is 1. The van der Waals surface area contributed by atoms with Crippen LogP contribution in [0, 0.1) is 6.92 Å². The standard InChI is InChI=1S/C12H18N2OS/c1-9-6-10(8-16-9)12(15)11-7-13(2)4-5-14(11)3/h6,8,11H,4-5,7H2,1-3H3. The van der Waals surface area contributed by atoms with Gasteiger partial charge in [-0.05, 0) is 27.1 Å². The largest absolute Gasteiger partial charge is 0.303 e. The summed E-state index contributed by atoms with van der Waals surface area (Å²) in [6, 6.07) is 2.02. The fourth-order valence-electron chi connectivity index (χ4n) is 2.06. The average molecular weight is 238 g/mol. The van der Waals surface area contributed by atoms with Gasteiger partial charge in [0.1, 0.15) is 0 Å².